The minimum atomic E-state index is 0.0889. The molecule has 5 fully saturated rings. The van der Waals surface area contributed by atoms with Gasteiger partial charge in [0.1, 0.15) is 0 Å². The zero-order valence-electron chi connectivity index (χ0n) is 13.6. The molecular formula is C18H30N2O. The summed E-state index contributed by atoms with van der Waals surface area (Å²) in [5, 5.41) is 6.68. The lowest BCUT2D eigenvalue weighted by molar-refractivity contribution is -0.113. The quantitative estimate of drug-likeness (QED) is 0.793. The van der Waals surface area contributed by atoms with Crippen molar-refractivity contribution in [2.24, 2.45) is 16.7 Å². The average molecular weight is 290 g/mol. The summed E-state index contributed by atoms with van der Waals surface area (Å²) < 4.78 is 0. The zero-order valence-corrected chi connectivity index (χ0v) is 13.6. The van der Waals surface area contributed by atoms with Crippen molar-refractivity contribution >= 4 is 6.03 Å². The highest BCUT2D eigenvalue weighted by atomic mass is 16.2. The van der Waals surface area contributed by atoms with E-state index in [-0.39, 0.29) is 11.6 Å². The van der Waals surface area contributed by atoms with Crippen LogP contribution in [0.3, 0.4) is 0 Å². The van der Waals surface area contributed by atoms with Gasteiger partial charge in [-0.1, -0.05) is 26.7 Å². The predicted molar refractivity (Wildman–Crippen MR) is 84.1 cm³/mol. The van der Waals surface area contributed by atoms with E-state index in [2.05, 4.69) is 24.5 Å². The summed E-state index contributed by atoms with van der Waals surface area (Å²) in [4.78, 5) is 12.5. The van der Waals surface area contributed by atoms with Crippen molar-refractivity contribution in [3.05, 3.63) is 0 Å². The number of hydrogen-bond acceptors (Lipinski definition) is 1. The highest BCUT2D eigenvalue weighted by Crippen LogP contribution is 2.66. The molecule has 0 aromatic carbocycles. The van der Waals surface area contributed by atoms with Gasteiger partial charge in [0.2, 0.25) is 0 Å². The van der Waals surface area contributed by atoms with E-state index >= 15 is 0 Å². The Morgan fingerprint density at radius 2 is 1.57 bits per heavy atom. The van der Waals surface area contributed by atoms with Gasteiger partial charge in [0.25, 0.3) is 0 Å². The largest absolute Gasteiger partial charge is 0.335 e. The Morgan fingerprint density at radius 1 is 0.952 bits per heavy atom. The maximum absolute atomic E-state index is 12.5. The lowest BCUT2D eigenvalue weighted by atomic mass is 9.43. The Kier molecular flexibility index (Phi) is 2.91. The molecule has 0 aliphatic heterocycles. The second-order valence-corrected chi connectivity index (χ2v) is 9.49. The maximum atomic E-state index is 12.5. The number of carbonyl (C=O) groups excluding carboxylic acids is 1. The van der Waals surface area contributed by atoms with Crippen LogP contribution in [-0.2, 0) is 0 Å². The smallest absolute Gasteiger partial charge is 0.315 e. The van der Waals surface area contributed by atoms with E-state index in [0.717, 1.165) is 5.92 Å². The summed E-state index contributed by atoms with van der Waals surface area (Å²) in [7, 11) is 0. The summed E-state index contributed by atoms with van der Waals surface area (Å²) in [6.07, 6.45) is 12.6. The Bertz CT molecular complexity index is 436. The number of amides is 2. The topological polar surface area (TPSA) is 41.1 Å². The van der Waals surface area contributed by atoms with Gasteiger partial charge in [0, 0.05) is 11.6 Å². The lowest BCUT2D eigenvalue weighted by Crippen LogP contribution is -2.66. The van der Waals surface area contributed by atoms with Gasteiger partial charge < -0.3 is 10.6 Å². The van der Waals surface area contributed by atoms with Gasteiger partial charge in [0.05, 0.1) is 0 Å². The molecule has 0 heterocycles. The van der Waals surface area contributed by atoms with Crippen molar-refractivity contribution in [1.82, 2.24) is 10.6 Å². The van der Waals surface area contributed by atoms with Crippen molar-refractivity contribution < 1.29 is 4.79 Å². The van der Waals surface area contributed by atoms with E-state index in [1.807, 2.05) is 0 Å². The van der Waals surface area contributed by atoms with Gasteiger partial charge in [-0.25, -0.2) is 4.79 Å². The van der Waals surface area contributed by atoms with Gasteiger partial charge >= 0.3 is 6.03 Å². The number of nitrogens with one attached hydrogen (secondary N) is 2. The molecule has 2 amide bonds. The molecule has 5 rings (SSSR count). The van der Waals surface area contributed by atoms with Crippen molar-refractivity contribution in [2.45, 2.75) is 89.6 Å². The molecule has 0 spiro atoms. The minimum absolute atomic E-state index is 0.0889. The number of hydrogen-bond donors (Lipinski definition) is 2. The van der Waals surface area contributed by atoms with Crippen LogP contribution in [0.2, 0.25) is 0 Å². The van der Waals surface area contributed by atoms with Crippen LogP contribution in [0.5, 0.6) is 0 Å². The highest BCUT2D eigenvalue weighted by molar-refractivity contribution is 5.75. The van der Waals surface area contributed by atoms with Crippen LogP contribution >= 0.6 is 0 Å². The molecule has 3 heteroatoms. The van der Waals surface area contributed by atoms with E-state index in [1.165, 1.54) is 64.2 Å². The lowest BCUT2D eigenvalue weighted by Gasteiger charge is -2.65. The highest BCUT2D eigenvalue weighted by Gasteiger charge is 2.60. The molecule has 0 aromatic rings. The summed E-state index contributed by atoms with van der Waals surface area (Å²) in [5.41, 5.74) is 1.02. The molecule has 21 heavy (non-hydrogen) atoms. The monoisotopic (exact) mass is 290 g/mol. The zero-order chi connectivity index (χ0) is 14.7. The van der Waals surface area contributed by atoms with E-state index in [9.17, 15) is 4.79 Å². The van der Waals surface area contributed by atoms with Crippen LogP contribution in [0.25, 0.3) is 0 Å². The Balaban J connectivity index is 1.47. The molecule has 2 unspecified atom stereocenters. The van der Waals surface area contributed by atoms with Crippen LogP contribution in [0.4, 0.5) is 4.79 Å². The van der Waals surface area contributed by atoms with E-state index < -0.39 is 0 Å². The minimum Gasteiger partial charge on any atom is -0.335 e. The first-order valence-electron chi connectivity index (χ1n) is 8.97. The summed E-state index contributed by atoms with van der Waals surface area (Å²) in [5.74, 6) is 0.836. The van der Waals surface area contributed by atoms with Gasteiger partial charge in [0.15, 0.2) is 0 Å². The van der Waals surface area contributed by atoms with Gasteiger partial charge in [-0.15, -0.1) is 0 Å². The fourth-order valence-electron chi connectivity index (χ4n) is 7.12. The van der Waals surface area contributed by atoms with Gasteiger partial charge in [-0.3, -0.25) is 0 Å². The predicted octanol–water partition coefficient (Wildman–Crippen LogP) is 3.98. The number of urea groups is 1. The number of rotatable bonds is 2. The molecule has 2 atom stereocenters. The average Bonchev–Trinajstić information content (AvgIpc) is 2.74. The molecule has 3 nitrogen and oxygen atoms in total. The third kappa shape index (κ3) is 2.47. The molecule has 5 saturated carbocycles. The van der Waals surface area contributed by atoms with Crippen LogP contribution in [-0.4, -0.2) is 17.6 Å². The van der Waals surface area contributed by atoms with Crippen LogP contribution < -0.4 is 10.6 Å². The van der Waals surface area contributed by atoms with Crippen molar-refractivity contribution in [3.63, 3.8) is 0 Å². The third-order valence-corrected chi connectivity index (χ3v) is 6.70. The van der Waals surface area contributed by atoms with Crippen molar-refractivity contribution in [1.29, 1.82) is 0 Å². The molecule has 4 bridgehead atoms. The van der Waals surface area contributed by atoms with E-state index in [4.69, 9.17) is 0 Å². The van der Waals surface area contributed by atoms with Gasteiger partial charge in [-0.05, 0) is 68.1 Å². The summed E-state index contributed by atoms with van der Waals surface area (Å²) in [6, 6.07) is 0.529. The number of carbonyl (C=O) groups is 1. The molecule has 118 valence electrons. The van der Waals surface area contributed by atoms with E-state index in [0.29, 0.717) is 16.9 Å². The third-order valence-electron chi connectivity index (χ3n) is 6.70. The summed E-state index contributed by atoms with van der Waals surface area (Å²) in [6.45, 7) is 4.92. The Morgan fingerprint density at radius 3 is 2.14 bits per heavy atom. The van der Waals surface area contributed by atoms with Gasteiger partial charge in [-0.2, -0.15) is 0 Å². The fourth-order valence-corrected chi connectivity index (χ4v) is 7.12. The fraction of sp³-hybridized carbons (Fsp3) is 0.944. The SMILES string of the molecule is CC12CC3CC(C)(C1)CC(NC(=O)NC1CCCC1)(C3)C2. The second-order valence-electron chi connectivity index (χ2n) is 9.49. The Labute approximate surface area is 128 Å². The van der Waals surface area contributed by atoms with Crippen LogP contribution in [0, 0.1) is 16.7 Å². The van der Waals surface area contributed by atoms with Crippen molar-refractivity contribution in [2.75, 3.05) is 0 Å². The second kappa shape index (κ2) is 4.39. The first-order valence-corrected chi connectivity index (χ1v) is 8.97. The van der Waals surface area contributed by atoms with E-state index in [1.54, 1.807) is 0 Å². The Hall–Kier alpha value is -0.730. The van der Waals surface area contributed by atoms with Crippen LogP contribution in [0.15, 0.2) is 0 Å². The maximum Gasteiger partial charge on any atom is 0.315 e. The molecular weight excluding hydrogens is 260 g/mol. The molecule has 0 saturated heterocycles. The molecule has 2 N–H and O–H groups in total. The first-order chi connectivity index (χ1) is 9.88. The van der Waals surface area contributed by atoms with Crippen molar-refractivity contribution in [3.8, 4) is 0 Å². The molecule has 5 aliphatic rings. The summed E-state index contributed by atoms with van der Waals surface area (Å²) >= 11 is 0. The normalized spacial score (nSPS) is 48.6. The standard InChI is InChI=1S/C18H30N2O/c1-16-7-13-8-17(2,10-16)12-18(9-13,11-16)20-15(21)19-14-5-3-4-6-14/h13-14H,3-12H2,1-2H3,(H2,19,20,21). The first kappa shape index (κ1) is 13.9. The molecule has 0 aromatic heterocycles. The van der Waals surface area contributed by atoms with Crippen LogP contribution in [0.1, 0.15) is 78.1 Å². The molecule has 0 radical (unpaired) electrons. The molecule has 5 aliphatic carbocycles.